The molecule has 0 bridgehead atoms. The fourth-order valence-corrected chi connectivity index (χ4v) is 1.02. The third-order valence-corrected chi connectivity index (χ3v) is 1.62. The molecule has 7 N–H and O–H groups in total. The summed E-state index contributed by atoms with van der Waals surface area (Å²) >= 11 is 0. The van der Waals surface area contributed by atoms with Crippen LogP contribution in [-0.2, 0) is 9.36 Å². The van der Waals surface area contributed by atoms with E-state index in [2.05, 4.69) is 5.32 Å². The first kappa shape index (κ1) is 12.5. The van der Waals surface area contributed by atoms with Crippen LogP contribution in [0, 0.1) is 0 Å². The Morgan fingerprint density at radius 2 is 2.08 bits per heavy atom. The Hall–Kier alpha value is -0.500. The molecule has 0 saturated heterocycles. The highest BCUT2D eigenvalue weighted by molar-refractivity contribution is 7.49. The number of carboxylic acid groups (broad SMARTS) is 1. The van der Waals surface area contributed by atoms with Crippen molar-refractivity contribution in [1.29, 1.82) is 0 Å². The number of carboxylic acids is 1. The Morgan fingerprint density at radius 3 is 2.46 bits per heavy atom. The van der Waals surface area contributed by atoms with Crippen LogP contribution in [0.2, 0.25) is 0 Å². The SMILES string of the molecule is NC(NCCC(=O)O)NP(=O)(O)O. The Balaban J connectivity index is 3.58. The summed E-state index contributed by atoms with van der Waals surface area (Å²) in [6.07, 6.45) is -1.29. The second-order valence-electron chi connectivity index (χ2n) is 2.25. The predicted octanol–water partition coefficient (Wildman–Crippen LogP) is -2.02. The number of aliphatic carboxylic acids is 1. The van der Waals surface area contributed by atoms with Crippen molar-refractivity contribution < 1.29 is 24.3 Å². The first-order chi connectivity index (χ1) is 5.81. The molecular weight excluding hydrogens is 201 g/mol. The highest BCUT2D eigenvalue weighted by atomic mass is 31.2. The van der Waals surface area contributed by atoms with Crippen LogP contribution < -0.4 is 16.1 Å². The van der Waals surface area contributed by atoms with Crippen molar-refractivity contribution in [1.82, 2.24) is 10.4 Å². The van der Waals surface area contributed by atoms with Crippen LogP contribution in [0.15, 0.2) is 0 Å². The highest BCUT2D eigenvalue weighted by Gasteiger charge is 2.16. The van der Waals surface area contributed by atoms with Gasteiger partial charge in [-0.1, -0.05) is 0 Å². The van der Waals surface area contributed by atoms with Gasteiger partial charge in [0.15, 0.2) is 0 Å². The van der Waals surface area contributed by atoms with Crippen molar-refractivity contribution in [2.24, 2.45) is 5.73 Å². The number of nitrogens with one attached hydrogen (secondary N) is 2. The molecule has 0 aromatic rings. The fraction of sp³-hybridized carbons (Fsp3) is 0.750. The Bertz CT molecular complexity index is 216. The number of hydrogen-bond acceptors (Lipinski definition) is 4. The zero-order valence-electron chi connectivity index (χ0n) is 6.67. The van der Waals surface area contributed by atoms with E-state index in [0.29, 0.717) is 0 Å². The Morgan fingerprint density at radius 1 is 1.54 bits per heavy atom. The van der Waals surface area contributed by atoms with Gasteiger partial charge in [0.2, 0.25) is 0 Å². The average molecular weight is 213 g/mol. The molecule has 78 valence electrons. The molecule has 0 fully saturated rings. The molecule has 0 aromatic heterocycles. The minimum atomic E-state index is -4.37. The lowest BCUT2D eigenvalue weighted by Crippen LogP contribution is -2.48. The summed E-state index contributed by atoms with van der Waals surface area (Å²) in [5.41, 5.74) is 5.14. The molecule has 0 spiro atoms. The average Bonchev–Trinajstić information content (AvgIpc) is 1.81. The fourth-order valence-electron chi connectivity index (χ4n) is 0.561. The molecular formula is C4H12N3O5P. The van der Waals surface area contributed by atoms with Gasteiger partial charge in [-0.25, -0.2) is 4.57 Å². The second kappa shape index (κ2) is 5.28. The normalized spacial score (nSPS) is 14.1. The van der Waals surface area contributed by atoms with Crippen LogP contribution in [-0.4, -0.2) is 33.7 Å². The van der Waals surface area contributed by atoms with Crippen molar-refractivity contribution >= 4 is 13.7 Å². The topological polar surface area (TPSA) is 145 Å². The van der Waals surface area contributed by atoms with Crippen molar-refractivity contribution in [2.75, 3.05) is 6.54 Å². The molecule has 1 atom stereocenters. The number of nitrogens with two attached hydrogens (primary N) is 1. The standard InChI is InChI=1S/C4H12N3O5P/c5-4(7-13(10,11)12)6-2-1-3(8)9/h4,6H,1-2,5H2,(H,8,9)(H3,7,10,11,12). The van der Waals surface area contributed by atoms with Crippen LogP contribution in [0.3, 0.4) is 0 Å². The van der Waals surface area contributed by atoms with E-state index in [1.165, 1.54) is 0 Å². The van der Waals surface area contributed by atoms with Gasteiger partial charge in [0.05, 0.1) is 6.42 Å². The van der Waals surface area contributed by atoms with Crippen LogP contribution in [0.25, 0.3) is 0 Å². The molecule has 0 aliphatic heterocycles. The molecule has 0 aliphatic carbocycles. The van der Waals surface area contributed by atoms with Gasteiger partial charge in [0.1, 0.15) is 6.29 Å². The zero-order valence-corrected chi connectivity index (χ0v) is 7.57. The summed E-state index contributed by atoms with van der Waals surface area (Å²) < 4.78 is 10.3. The Kier molecular flexibility index (Phi) is 5.07. The van der Waals surface area contributed by atoms with E-state index in [1.54, 1.807) is 5.09 Å². The lowest BCUT2D eigenvalue weighted by molar-refractivity contribution is -0.136. The molecule has 0 aliphatic rings. The van der Waals surface area contributed by atoms with E-state index in [4.69, 9.17) is 20.6 Å². The molecule has 0 amide bonds. The van der Waals surface area contributed by atoms with E-state index < -0.39 is 20.0 Å². The molecule has 0 saturated carbocycles. The van der Waals surface area contributed by atoms with Gasteiger partial charge >= 0.3 is 13.7 Å². The summed E-state index contributed by atoms with van der Waals surface area (Å²) in [7, 11) is -4.37. The van der Waals surface area contributed by atoms with E-state index in [0.717, 1.165) is 0 Å². The summed E-state index contributed by atoms with van der Waals surface area (Å²) in [6.45, 7) is 0.0312. The number of rotatable bonds is 6. The minimum absolute atomic E-state index is 0.0312. The molecule has 0 radical (unpaired) electrons. The van der Waals surface area contributed by atoms with Gasteiger partial charge in [-0.15, -0.1) is 0 Å². The summed E-state index contributed by atoms with van der Waals surface area (Å²) in [4.78, 5) is 26.7. The molecule has 13 heavy (non-hydrogen) atoms. The predicted molar refractivity (Wildman–Crippen MR) is 43.4 cm³/mol. The van der Waals surface area contributed by atoms with Crippen molar-refractivity contribution in [3.63, 3.8) is 0 Å². The highest BCUT2D eigenvalue weighted by Crippen LogP contribution is 2.27. The lowest BCUT2D eigenvalue weighted by Gasteiger charge is -2.15. The van der Waals surface area contributed by atoms with Gasteiger partial charge in [-0.2, -0.15) is 5.09 Å². The maximum Gasteiger partial charge on any atom is 0.402 e. The van der Waals surface area contributed by atoms with Gasteiger partial charge in [-0.3, -0.25) is 10.1 Å². The quantitative estimate of drug-likeness (QED) is 0.219. The van der Waals surface area contributed by atoms with E-state index >= 15 is 0 Å². The van der Waals surface area contributed by atoms with Gasteiger partial charge in [-0.05, 0) is 0 Å². The Labute approximate surface area is 74.3 Å². The van der Waals surface area contributed by atoms with Crippen molar-refractivity contribution in [3.05, 3.63) is 0 Å². The van der Waals surface area contributed by atoms with Gasteiger partial charge in [0, 0.05) is 6.54 Å². The monoisotopic (exact) mass is 213 g/mol. The second-order valence-corrected chi connectivity index (χ2v) is 3.59. The lowest BCUT2D eigenvalue weighted by atomic mass is 10.4. The van der Waals surface area contributed by atoms with Crippen molar-refractivity contribution in [3.8, 4) is 0 Å². The summed E-state index contributed by atoms with van der Waals surface area (Å²) in [5, 5.41) is 12.3. The zero-order chi connectivity index (χ0) is 10.5. The molecule has 0 rings (SSSR count). The largest absolute Gasteiger partial charge is 0.481 e. The smallest absolute Gasteiger partial charge is 0.402 e. The molecule has 0 aromatic carbocycles. The van der Waals surface area contributed by atoms with Gasteiger partial charge in [0.25, 0.3) is 0 Å². The van der Waals surface area contributed by atoms with Crippen LogP contribution >= 0.6 is 7.75 Å². The minimum Gasteiger partial charge on any atom is -0.481 e. The van der Waals surface area contributed by atoms with Crippen molar-refractivity contribution in [2.45, 2.75) is 12.7 Å². The van der Waals surface area contributed by atoms with E-state index in [-0.39, 0.29) is 13.0 Å². The third-order valence-electron chi connectivity index (χ3n) is 1.01. The number of carbonyl (C=O) groups is 1. The van der Waals surface area contributed by atoms with E-state index in [1.807, 2.05) is 0 Å². The summed E-state index contributed by atoms with van der Waals surface area (Å²) in [5.74, 6) is -1.02. The maximum atomic E-state index is 10.3. The van der Waals surface area contributed by atoms with Crippen LogP contribution in [0.1, 0.15) is 6.42 Å². The number of hydrogen-bond donors (Lipinski definition) is 6. The van der Waals surface area contributed by atoms with E-state index in [9.17, 15) is 9.36 Å². The van der Waals surface area contributed by atoms with Crippen LogP contribution in [0.5, 0.6) is 0 Å². The molecule has 1 unspecified atom stereocenters. The first-order valence-electron chi connectivity index (χ1n) is 3.35. The molecule has 8 nitrogen and oxygen atoms in total. The first-order valence-corrected chi connectivity index (χ1v) is 4.96. The summed E-state index contributed by atoms with van der Waals surface area (Å²) in [6, 6.07) is 0. The maximum absolute atomic E-state index is 10.3. The third kappa shape index (κ3) is 9.41. The van der Waals surface area contributed by atoms with Crippen LogP contribution in [0.4, 0.5) is 0 Å². The molecule has 0 heterocycles. The van der Waals surface area contributed by atoms with Gasteiger partial charge < -0.3 is 20.6 Å². The molecule has 9 heteroatoms.